The van der Waals surface area contributed by atoms with E-state index in [1.165, 1.54) is 11.8 Å². The van der Waals surface area contributed by atoms with E-state index in [1.807, 2.05) is 54.7 Å². The van der Waals surface area contributed by atoms with Crippen LogP contribution in [-0.2, 0) is 19.6 Å². The Morgan fingerprint density at radius 3 is 2.60 bits per heavy atom. The van der Waals surface area contributed by atoms with Crippen molar-refractivity contribution in [3.05, 3.63) is 108 Å². The summed E-state index contributed by atoms with van der Waals surface area (Å²) in [6.45, 7) is 1.48. The predicted octanol–water partition coefficient (Wildman–Crippen LogP) is 4.08. The Morgan fingerprint density at radius 2 is 1.80 bits per heavy atom. The Morgan fingerprint density at radius 1 is 1.03 bits per heavy atom. The van der Waals surface area contributed by atoms with Crippen LogP contribution >= 0.6 is 0 Å². The zero-order valence-electron chi connectivity index (χ0n) is 16.5. The Labute approximate surface area is 175 Å². The van der Waals surface area contributed by atoms with Gasteiger partial charge in [-0.05, 0) is 23.8 Å². The Bertz CT molecular complexity index is 1070. The van der Waals surface area contributed by atoms with Crippen molar-refractivity contribution in [2.45, 2.75) is 19.6 Å². The summed E-state index contributed by atoms with van der Waals surface area (Å²) in [5.74, 6) is 1.69. The molecule has 2 heterocycles. The van der Waals surface area contributed by atoms with Crippen molar-refractivity contribution in [2.24, 2.45) is 0 Å². The summed E-state index contributed by atoms with van der Waals surface area (Å²) in [7, 11) is 0. The molecule has 0 radical (unpaired) electrons. The Kier molecular flexibility index (Phi) is 6.25. The lowest BCUT2D eigenvalue weighted by Crippen LogP contribution is -2.27. The molecular formula is C24H23N3O3. The van der Waals surface area contributed by atoms with Crippen molar-refractivity contribution in [3.63, 3.8) is 0 Å². The average Bonchev–Trinajstić information content (AvgIpc) is 3.43. The molecular weight excluding hydrogens is 378 g/mol. The zero-order valence-corrected chi connectivity index (χ0v) is 16.5. The van der Waals surface area contributed by atoms with Gasteiger partial charge in [0.05, 0.1) is 6.26 Å². The minimum atomic E-state index is -0.257. The van der Waals surface area contributed by atoms with Crippen LogP contribution in [0.4, 0.5) is 0 Å². The first-order chi connectivity index (χ1) is 14.8. The van der Waals surface area contributed by atoms with E-state index in [9.17, 15) is 4.79 Å². The molecule has 2 aromatic carbocycles. The number of ether oxygens (including phenoxy) is 1. The van der Waals surface area contributed by atoms with Crippen molar-refractivity contribution in [2.75, 3.05) is 6.54 Å². The molecule has 0 atom stereocenters. The molecule has 0 bridgehead atoms. The second-order valence-electron chi connectivity index (χ2n) is 6.84. The molecule has 6 nitrogen and oxygen atoms in total. The van der Waals surface area contributed by atoms with E-state index in [4.69, 9.17) is 9.15 Å². The van der Waals surface area contributed by atoms with E-state index in [0.717, 1.165) is 18.1 Å². The number of para-hydroxylation sites is 1. The summed E-state index contributed by atoms with van der Waals surface area (Å²) < 4.78 is 13.2. The van der Waals surface area contributed by atoms with Gasteiger partial charge < -0.3 is 19.0 Å². The minimum Gasteiger partial charge on any atom is -0.489 e. The number of hydrogen-bond acceptors (Lipinski definition) is 4. The number of carbonyl (C=O) groups excluding carboxylic acids is 1. The maximum atomic E-state index is 12.6. The van der Waals surface area contributed by atoms with Gasteiger partial charge in [0.2, 0.25) is 0 Å². The molecule has 4 aromatic rings. The quantitative estimate of drug-likeness (QED) is 0.459. The summed E-state index contributed by atoms with van der Waals surface area (Å²) >= 11 is 0. The SMILES string of the molecule is O=C(NCCc1nccn1Cc1ccccc1)c1occc1COc1ccccc1. The second kappa shape index (κ2) is 9.60. The number of rotatable bonds is 9. The highest BCUT2D eigenvalue weighted by molar-refractivity contribution is 5.92. The summed E-state index contributed by atoms with van der Waals surface area (Å²) in [6.07, 6.45) is 5.87. The maximum absolute atomic E-state index is 12.6. The van der Waals surface area contributed by atoms with Crippen molar-refractivity contribution in [3.8, 4) is 5.75 Å². The molecule has 0 unspecified atom stereocenters. The average molecular weight is 401 g/mol. The smallest absolute Gasteiger partial charge is 0.287 e. The molecule has 30 heavy (non-hydrogen) atoms. The highest BCUT2D eigenvalue weighted by Crippen LogP contribution is 2.16. The number of imidazole rings is 1. The van der Waals surface area contributed by atoms with E-state index < -0.39 is 0 Å². The third-order valence-corrected chi connectivity index (χ3v) is 4.72. The maximum Gasteiger partial charge on any atom is 0.287 e. The molecule has 2 aromatic heterocycles. The van der Waals surface area contributed by atoms with Gasteiger partial charge in [-0.25, -0.2) is 4.98 Å². The van der Waals surface area contributed by atoms with Crippen LogP contribution in [0.15, 0.2) is 89.8 Å². The first-order valence-electron chi connectivity index (χ1n) is 9.86. The third-order valence-electron chi connectivity index (χ3n) is 4.72. The van der Waals surface area contributed by atoms with Crippen LogP contribution in [-0.4, -0.2) is 22.0 Å². The minimum absolute atomic E-state index is 0.257. The lowest BCUT2D eigenvalue weighted by atomic mass is 10.2. The van der Waals surface area contributed by atoms with Crippen LogP contribution in [0.2, 0.25) is 0 Å². The predicted molar refractivity (Wildman–Crippen MR) is 113 cm³/mol. The number of aromatic nitrogens is 2. The highest BCUT2D eigenvalue weighted by atomic mass is 16.5. The molecule has 152 valence electrons. The molecule has 4 rings (SSSR count). The van der Waals surface area contributed by atoms with Crippen molar-refractivity contribution in [1.82, 2.24) is 14.9 Å². The van der Waals surface area contributed by atoms with Gasteiger partial charge in [-0.1, -0.05) is 48.5 Å². The van der Waals surface area contributed by atoms with Gasteiger partial charge in [0.15, 0.2) is 5.76 Å². The van der Waals surface area contributed by atoms with Gasteiger partial charge in [-0.15, -0.1) is 0 Å². The number of benzene rings is 2. The zero-order chi connectivity index (χ0) is 20.6. The lowest BCUT2D eigenvalue weighted by Gasteiger charge is -2.09. The van der Waals surface area contributed by atoms with Crippen LogP contribution < -0.4 is 10.1 Å². The van der Waals surface area contributed by atoms with Crippen LogP contribution in [0, 0.1) is 0 Å². The van der Waals surface area contributed by atoms with Crippen LogP contribution in [0.1, 0.15) is 27.5 Å². The van der Waals surface area contributed by atoms with Gasteiger partial charge in [-0.3, -0.25) is 4.79 Å². The van der Waals surface area contributed by atoms with Gasteiger partial charge in [0.25, 0.3) is 5.91 Å². The molecule has 0 fully saturated rings. The van der Waals surface area contributed by atoms with E-state index in [-0.39, 0.29) is 18.3 Å². The first-order valence-corrected chi connectivity index (χ1v) is 9.86. The normalized spacial score (nSPS) is 10.7. The number of hydrogen-bond donors (Lipinski definition) is 1. The summed E-state index contributed by atoms with van der Waals surface area (Å²) in [5, 5.41) is 2.91. The first kappa shape index (κ1) is 19.5. The van der Waals surface area contributed by atoms with E-state index >= 15 is 0 Å². The molecule has 0 aliphatic carbocycles. The summed E-state index contributed by atoms with van der Waals surface area (Å²) in [6, 6.07) is 21.4. The number of amides is 1. The molecule has 0 aliphatic rings. The Balaban J connectivity index is 1.30. The summed E-state index contributed by atoms with van der Waals surface area (Å²) in [4.78, 5) is 17.0. The molecule has 0 spiro atoms. The van der Waals surface area contributed by atoms with Gasteiger partial charge >= 0.3 is 0 Å². The fourth-order valence-electron chi connectivity index (χ4n) is 3.19. The Hall–Kier alpha value is -3.80. The number of carbonyl (C=O) groups is 1. The molecule has 1 amide bonds. The number of furan rings is 1. The van der Waals surface area contributed by atoms with E-state index in [0.29, 0.717) is 18.5 Å². The topological polar surface area (TPSA) is 69.3 Å². The molecule has 0 saturated carbocycles. The summed E-state index contributed by atoms with van der Waals surface area (Å²) in [5.41, 5.74) is 1.92. The fourth-order valence-corrected chi connectivity index (χ4v) is 3.19. The van der Waals surface area contributed by atoms with Gasteiger partial charge in [0, 0.05) is 37.5 Å². The van der Waals surface area contributed by atoms with E-state index in [1.54, 1.807) is 12.3 Å². The number of nitrogens with one attached hydrogen (secondary N) is 1. The van der Waals surface area contributed by atoms with Gasteiger partial charge in [-0.2, -0.15) is 0 Å². The van der Waals surface area contributed by atoms with Crippen molar-refractivity contribution < 1.29 is 13.9 Å². The van der Waals surface area contributed by atoms with Crippen LogP contribution in [0.3, 0.4) is 0 Å². The van der Waals surface area contributed by atoms with Crippen molar-refractivity contribution in [1.29, 1.82) is 0 Å². The van der Waals surface area contributed by atoms with Crippen LogP contribution in [0.25, 0.3) is 0 Å². The largest absolute Gasteiger partial charge is 0.489 e. The van der Waals surface area contributed by atoms with Gasteiger partial charge in [0.1, 0.15) is 18.2 Å². The monoisotopic (exact) mass is 401 g/mol. The van der Waals surface area contributed by atoms with Crippen molar-refractivity contribution >= 4 is 5.91 Å². The number of nitrogens with zero attached hydrogens (tertiary/aromatic N) is 2. The molecule has 0 aliphatic heterocycles. The standard InChI is InChI=1S/C24H23N3O3/c28-24(23-20(12-16-29-23)18-30-21-9-5-2-6-10-21)26-13-11-22-25-14-15-27(22)17-19-7-3-1-4-8-19/h1-10,12,14-16H,11,13,17-18H2,(H,26,28). The fraction of sp³-hybridized carbons (Fsp3) is 0.167. The highest BCUT2D eigenvalue weighted by Gasteiger charge is 2.16. The lowest BCUT2D eigenvalue weighted by molar-refractivity contribution is 0.0922. The third kappa shape index (κ3) is 4.97. The van der Waals surface area contributed by atoms with E-state index in [2.05, 4.69) is 27.0 Å². The molecule has 0 saturated heterocycles. The second-order valence-corrected chi connectivity index (χ2v) is 6.84. The molecule has 1 N–H and O–H groups in total. The molecule has 6 heteroatoms. The van der Waals surface area contributed by atoms with Crippen LogP contribution in [0.5, 0.6) is 5.75 Å².